The highest BCUT2D eigenvalue weighted by molar-refractivity contribution is 6.31. The van der Waals surface area contributed by atoms with Crippen LogP contribution in [0.1, 0.15) is 60.0 Å². The molecule has 40 heavy (non-hydrogen) atoms. The molecule has 2 amide bonds. The number of halogens is 2. The average molecular weight is 563 g/mol. The highest BCUT2D eigenvalue weighted by Gasteiger charge is 2.46. The Morgan fingerprint density at radius 3 is 2.40 bits per heavy atom. The van der Waals surface area contributed by atoms with Crippen LogP contribution < -0.4 is 4.74 Å². The van der Waals surface area contributed by atoms with E-state index in [9.17, 15) is 14.0 Å². The Morgan fingerprint density at radius 2 is 1.68 bits per heavy atom. The van der Waals surface area contributed by atoms with E-state index in [1.165, 1.54) is 12.1 Å². The fourth-order valence-electron chi connectivity index (χ4n) is 6.16. The lowest BCUT2D eigenvalue weighted by molar-refractivity contribution is -0.140. The molecule has 5 nitrogen and oxygen atoms in total. The van der Waals surface area contributed by atoms with Gasteiger partial charge in [-0.1, -0.05) is 66.9 Å². The summed E-state index contributed by atoms with van der Waals surface area (Å²) in [5, 5.41) is 0.469. The summed E-state index contributed by atoms with van der Waals surface area (Å²) in [5.41, 5.74) is 1.73. The molecule has 0 spiro atoms. The standard InChI is InChI=1S/C33H36ClFN2O3/c1-36-19-7-8-20-37(32(39)33(17-5-6-18-33)25-11-14-27(35)15-12-25)28(21-24-9-3-2-4-10-24)23-40-30-16-13-26(34)22-29(30)31(36)38/h2-4,9-16,22,28H,5-8,17-21,23H2,1H3/t28-/m0/s1. The van der Waals surface area contributed by atoms with Gasteiger partial charge in [0, 0.05) is 25.2 Å². The van der Waals surface area contributed by atoms with E-state index in [4.69, 9.17) is 16.3 Å². The van der Waals surface area contributed by atoms with Gasteiger partial charge in [0.15, 0.2) is 0 Å². The van der Waals surface area contributed by atoms with Gasteiger partial charge in [-0.3, -0.25) is 9.59 Å². The van der Waals surface area contributed by atoms with Crippen molar-refractivity contribution in [1.82, 2.24) is 9.80 Å². The number of ether oxygens (including phenoxy) is 1. The van der Waals surface area contributed by atoms with Gasteiger partial charge >= 0.3 is 0 Å². The minimum atomic E-state index is -0.683. The molecule has 0 saturated heterocycles. The van der Waals surface area contributed by atoms with Gasteiger partial charge in [0.25, 0.3) is 5.91 Å². The van der Waals surface area contributed by atoms with Crippen LogP contribution in [0, 0.1) is 5.82 Å². The number of amides is 2. The van der Waals surface area contributed by atoms with Gasteiger partial charge in [-0.25, -0.2) is 4.39 Å². The van der Waals surface area contributed by atoms with E-state index in [1.54, 1.807) is 42.3 Å². The van der Waals surface area contributed by atoms with E-state index in [1.807, 2.05) is 23.1 Å². The largest absolute Gasteiger partial charge is 0.491 e. The monoisotopic (exact) mass is 562 g/mol. The molecule has 5 rings (SSSR count). The first-order valence-corrected chi connectivity index (χ1v) is 14.5. The van der Waals surface area contributed by atoms with Crippen LogP contribution in [0.5, 0.6) is 5.75 Å². The Balaban J connectivity index is 1.54. The van der Waals surface area contributed by atoms with Crippen LogP contribution in [0.15, 0.2) is 72.8 Å². The van der Waals surface area contributed by atoms with Gasteiger partial charge in [0.2, 0.25) is 5.91 Å². The predicted molar refractivity (Wildman–Crippen MR) is 155 cm³/mol. The molecule has 1 atom stereocenters. The van der Waals surface area contributed by atoms with Crippen LogP contribution in [0.2, 0.25) is 5.02 Å². The molecule has 0 radical (unpaired) electrons. The molecule has 1 saturated carbocycles. The highest BCUT2D eigenvalue weighted by atomic mass is 35.5. The zero-order valence-corrected chi connectivity index (χ0v) is 23.7. The SMILES string of the molecule is CN1CCCCN(C(=O)C2(c3ccc(F)cc3)CCCC2)[C@@H](Cc2ccccc2)COc2ccc(Cl)cc2C1=O. The number of hydrogen-bond acceptors (Lipinski definition) is 3. The number of carbonyl (C=O) groups is 2. The zero-order valence-electron chi connectivity index (χ0n) is 23.0. The van der Waals surface area contributed by atoms with Crippen molar-refractivity contribution in [3.63, 3.8) is 0 Å². The average Bonchev–Trinajstić information content (AvgIpc) is 3.47. The van der Waals surface area contributed by atoms with Crippen LogP contribution in [-0.2, 0) is 16.6 Å². The first-order chi connectivity index (χ1) is 19.4. The molecule has 7 heteroatoms. The van der Waals surface area contributed by atoms with Crippen molar-refractivity contribution in [2.75, 3.05) is 26.7 Å². The predicted octanol–water partition coefficient (Wildman–Crippen LogP) is 6.68. The van der Waals surface area contributed by atoms with Crippen LogP contribution >= 0.6 is 11.6 Å². The third kappa shape index (κ3) is 6.02. The van der Waals surface area contributed by atoms with Crippen molar-refractivity contribution in [2.45, 2.75) is 56.4 Å². The molecule has 1 heterocycles. The van der Waals surface area contributed by atoms with E-state index < -0.39 is 5.41 Å². The third-order valence-electron chi connectivity index (χ3n) is 8.37. The summed E-state index contributed by atoms with van der Waals surface area (Å²) >= 11 is 6.27. The summed E-state index contributed by atoms with van der Waals surface area (Å²) in [5.74, 6) is 0.107. The summed E-state index contributed by atoms with van der Waals surface area (Å²) < 4.78 is 20.2. The molecule has 210 valence electrons. The van der Waals surface area contributed by atoms with Gasteiger partial charge < -0.3 is 14.5 Å². The lowest BCUT2D eigenvalue weighted by atomic mass is 9.77. The summed E-state index contributed by atoms with van der Waals surface area (Å²) in [6.45, 7) is 1.34. The number of rotatable bonds is 4. The molecule has 1 fully saturated rings. The van der Waals surface area contributed by atoms with Crippen LogP contribution in [0.25, 0.3) is 0 Å². The van der Waals surface area contributed by atoms with Gasteiger partial charge in [-0.2, -0.15) is 0 Å². The number of benzene rings is 3. The molecule has 0 N–H and O–H groups in total. The molecule has 3 aromatic rings. The Labute approximate surface area is 240 Å². The fraction of sp³-hybridized carbons (Fsp3) is 0.394. The maximum Gasteiger partial charge on any atom is 0.257 e. The van der Waals surface area contributed by atoms with Crippen molar-refractivity contribution in [3.05, 3.63) is 100 Å². The Morgan fingerprint density at radius 1 is 0.975 bits per heavy atom. The smallest absolute Gasteiger partial charge is 0.257 e. The molecule has 1 aliphatic carbocycles. The topological polar surface area (TPSA) is 49.9 Å². The Bertz CT molecular complexity index is 1330. The second kappa shape index (κ2) is 12.4. The van der Waals surface area contributed by atoms with Gasteiger partial charge in [-0.05, 0) is 73.6 Å². The number of fused-ring (bicyclic) bond motifs is 1. The summed E-state index contributed by atoms with van der Waals surface area (Å²) in [6, 6.07) is 21.4. The zero-order chi connectivity index (χ0) is 28.1. The minimum absolute atomic E-state index is 0.0824. The number of nitrogens with zero attached hydrogens (tertiary/aromatic N) is 2. The molecule has 1 aliphatic heterocycles. The fourth-order valence-corrected chi connectivity index (χ4v) is 6.34. The maximum atomic E-state index is 14.7. The van der Waals surface area contributed by atoms with Crippen molar-refractivity contribution < 1.29 is 18.7 Å². The molecular weight excluding hydrogens is 527 g/mol. The first kappa shape index (κ1) is 28.2. The van der Waals surface area contributed by atoms with Crippen LogP contribution in [-0.4, -0.2) is 54.4 Å². The first-order valence-electron chi connectivity index (χ1n) is 14.2. The molecular formula is C33H36ClFN2O3. The lowest BCUT2D eigenvalue weighted by Gasteiger charge is -2.40. The summed E-state index contributed by atoms with van der Waals surface area (Å²) in [4.78, 5) is 31.7. The van der Waals surface area contributed by atoms with Gasteiger partial charge in [-0.15, -0.1) is 0 Å². The number of carbonyl (C=O) groups excluding carboxylic acids is 2. The summed E-state index contributed by atoms with van der Waals surface area (Å²) in [7, 11) is 1.78. The molecule has 0 unspecified atom stereocenters. The van der Waals surface area contributed by atoms with E-state index in [0.717, 1.165) is 49.7 Å². The Kier molecular flexibility index (Phi) is 8.75. The minimum Gasteiger partial charge on any atom is -0.491 e. The second-order valence-electron chi connectivity index (χ2n) is 11.0. The second-order valence-corrected chi connectivity index (χ2v) is 11.5. The highest BCUT2D eigenvalue weighted by Crippen LogP contribution is 2.43. The van der Waals surface area contributed by atoms with Gasteiger partial charge in [0.1, 0.15) is 18.2 Å². The van der Waals surface area contributed by atoms with E-state index in [-0.39, 0.29) is 30.3 Å². The van der Waals surface area contributed by atoms with Crippen LogP contribution in [0.3, 0.4) is 0 Å². The van der Waals surface area contributed by atoms with Gasteiger partial charge in [0.05, 0.1) is 17.0 Å². The number of hydrogen-bond donors (Lipinski definition) is 0. The van der Waals surface area contributed by atoms with Crippen molar-refractivity contribution in [2.24, 2.45) is 0 Å². The van der Waals surface area contributed by atoms with E-state index in [2.05, 4.69) is 12.1 Å². The summed E-state index contributed by atoms with van der Waals surface area (Å²) in [6.07, 6.45) is 5.51. The lowest BCUT2D eigenvalue weighted by Crippen LogP contribution is -2.53. The van der Waals surface area contributed by atoms with Crippen LogP contribution in [0.4, 0.5) is 4.39 Å². The molecule has 0 aromatic heterocycles. The third-order valence-corrected chi connectivity index (χ3v) is 8.61. The molecule has 3 aromatic carbocycles. The van der Waals surface area contributed by atoms with Crippen molar-refractivity contribution in [1.29, 1.82) is 0 Å². The van der Waals surface area contributed by atoms with Crippen molar-refractivity contribution in [3.8, 4) is 5.75 Å². The maximum absolute atomic E-state index is 14.7. The quantitative estimate of drug-likeness (QED) is 0.356. The molecule has 0 bridgehead atoms. The normalized spacial score (nSPS) is 19.8. The Hall–Kier alpha value is -3.38. The molecule has 2 aliphatic rings. The van der Waals surface area contributed by atoms with E-state index in [0.29, 0.717) is 35.8 Å². The van der Waals surface area contributed by atoms with E-state index >= 15 is 0 Å². The van der Waals surface area contributed by atoms with Crippen molar-refractivity contribution >= 4 is 23.4 Å².